The lowest BCUT2D eigenvalue weighted by Gasteiger charge is -2.05. The number of nitrogens with zero attached hydrogens (tertiary/aromatic N) is 4. The van der Waals surface area contributed by atoms with E-state index in [4.69, 9.17) is 23.2 Å². The summed E-state index contributed by atoms with van der Waals surface area (Å²) in [6.45, 7) is 2.23. The lowest BCUT2D eigenvalue weighted by Crippen LogP contribution is -2.23. The Morgan fingerprint density at radius 1 is 1.42 bits per heavy atom. The van der Waals surface area contributed by atoms with Crippen LogP contribution in [0.25, 0.3) is 0 Å². The predicted molar refractivity (Wildman–Crippen MR) is 71.2 cm³/mol. The van der Waals surface area contributed by atoms with Crippen LogP contribution in [0.5, 0.6) is 0 Å². The summed E-state index contributed by atoms with van der Waals surface area (Å²) in [5.74, 6) is -0.356. The van der Waals surface area contributed by atoms with Crippen molar-refractivity contribution in [3.63, 3.8) is 0 Å². The maximum atomic E-state index is 12.0. The molecule has 0 saturated carbocycles. The van der Waals surface area contributed by atoms with Crippen LogP contribution < -0.4 is 5.32 Å². The molecule has 2 heterocycles. The maximum Gasteiger partial charge on any atom is 0.254 e. The zero-order chi connectivity index (χ0) is 14.0. The fourth-order valence-corrected chi connectivity index (χ4v) is 1.93. The molecule has 0 unspecified atom stereocenters. The first-order valence-corrected chi connectivity index (χ1v) is 6.19. The number of carbonyl (C=O) groups excluding carboxylic acids is 1. The van der Waals surface area contributed by atoms with Crippen LogP contribution in [0.2, 0.25) is 10.3 Å². The van der Waals surface area contributed by atoms with Crippen molar-refractivity contribution in [3.05, 3.63) is 39.4 Å². The highest BCUT2D eigenvalue weighted by Crippen LogP contribution is 2.15. The Labute approximate surface area is 119 Å². The van der Waals surface area contributed by atoms with E-state index in [0.717, 1.165) is 11.3 Å². The topological polar surface area (TPSA) is 72.7 Å². The maximum absolute atomic E-state index is 12.0. The van der Waals surface area contributed by atoms with Crippen LogP contribution in [-0.4, -0.2) is 25.9 Å². The van der Waals surface area contributed by atoms with E-state index < -0.39 is 0 Å². The van der Waals surface area contributed by atoms with Gasteiger partial charge >= 0.3 is 0 Å². The minimum atomic E-state index is -0.356. The van der Waals surface area contributed by atoms with Gasteiger partial charge in [-0.2, -0.15) is 5.10 Å². The van der Waals surface area contributed by atoms with Gasteiger partial charge in [-0.15, -0.1) is 10.2 Å². The predicted octanol–water partition coefficient (Wildman–Crippen LogP) is 1.76. The van der Waals surface area contributed by atoms with E-state index in [-0.39, 0.29) is 21.8 Å². The molecule has 2 rings (SSSR count). The van der Waals surface area contributed by atoms with E-state index in [0.29, 0.717) is 6.54 Å². The minimum absolute atomic E-state index is 0.0183. The first-order chi connectivity index (χ1) is 8.97. The molecule has 1 N–H and O–H groups in total. The third-order valence-electron chi connectivity index (χ3n) is 2.52. The second-order valence-electron chi connectivity index (χ2n) is 3.97. The number of nitrogens with one attached hydrogen (secondary N) is 1. The molecule has 0 spiro atoms. The van der Waals surface area contributed by atoms with Crippen LogP contribution >= 0.6 is 23.2 Å². The van der Waals surface area contributed by atoms with Crippen molar-refractivity contribution in [1.29, 1.82) is 0 Å². The fourth-order valence-electron chi connectivity index (χ4n) is 1.61. The van der Waals surface area contributed by atoms with Crippen molar-refractivity contribution in [2.75, 3.05) is 0 Å². The molecule has 100 valence electrons. The summed E-state index contributed by atoms with van der Waals surface area (Å²) in [4.78, 5) is 12.0. The van der Waals surface area contributed by atoms with Crippen LogP contribution in [0, 0.1) is 6.92 Å². The van der Waals surface area contributed by atoms with Gasteiger partial charge in [-0.3, -0.25) is 9.48 Å². The second-order valence-corrected chi connectivity index (χ2v) is 4.71. The molecule has 6 nitrogen and oxygen atoms in total. The fraction of sp³-hybridized carbons (Fsp3) is 0.273. The smallest absolute Gasteiger partial charge is 0.254 e. The highest BCUT2D eigenvalue weighted by Gasteiger charge is 2.13. The normalized spacial score (nSPS) is 10.5. The molecule has 0 radical (unpaired) electrons. The molecule has 2 aromatic heterocycles. The summed E-state index contributed by atoms with van der Waals surface area (Å²) in [7, 11) is 1.82. The molecule has 0 aromatic carbocycles. The first-order valence-electron chi connectivity index (χ1n) is 5.43. The molecular weight excluding hydrogens is 289 g/mol. The zero-order valence-electron chi connectivity index (χ0n) is 10.3. The van der Waals surface area contributed by atoms with Crippen molar-refractivity contribution >= 4 is 29.1 Å². The van der Waals surface area contributed by atoms with Crippen LogP contribution in [0.4, 0.5) is 0 Å². The van der Waals surface area contributed by atoms with E-state index in [2.05, 4.69) is 20.6 Å². The van der Waals surface area contributed by atoms with Gasteiger partial charge in [0, 0.05) is 25.4 Å². The van der Waals surface area contributed by atoms with Crippen molar-refractivity contribution in [2.24, 2.45) is 7.05 Å². The summed E-state index contributed by atoms with van der Waals surface area (Å²) in [6, 6.07) is 1.38. The summed E-state index contributed by atoms with van der Waals surface area (Å²) in [5.41, 5.74) is 1.99. The van der Waals surface area contributed by atoms with Crippen LogP contribution in [-0.2, 0) is 13.6 Å². The van der Waals surface area contributed by atoms with Crippen molar-refractivity contribution in [1.82, 2.24) is 25.3 Å². The van der Waals surface area contributed by atoms with Gasteiger partial charge in [0.2, 0.25) is 0 Å². The van der Waals surface area contributed by atoms with Crippen molar-refractivity contribution in [2.45, 2.75) is 13.5 Å². The summed E-state index contributed by atoms with van der Waals surface area (Å²) in [5, 5.41) is 14.2. The third kappa shape index (κ3) is 3.21. The average Bonchev–Trinajstić information content (AvgIpc) is 2.68. The molecule has 0 fully saturated rings. The van der Waals surface area contributed by atoms with E-state index in [9.17, 15) is 4.79 Å². The van der Waals surface area contributed by atoms with E-state index in [1.807, 2.05) is 20.2 Å². The Morgan fingerprint density at radius 2 is 2.16 bits per heavy atom. The van der Waals surface area contributed by atoms with E-state index in [1.165, 1.54) is 6.07 Å². The second kappa shape index (κ2) is 5.54. The van der Waals surface area contributed by atoms with Crippen molar-refractivity contribution in [3.8, 4) is 0 Å². The number of hydrogen-bond acceptors (Lipinski definition) is 4. The molecule has 0 aliphatic carbocycles. The van der Waals surface area contributed by atoms with Gasteiger partial charge in [0.25, 0.3) is 5.91 Å². The van der Waals surface area contributed by atoms with Crippen LogP contribution in [0.3, 0.4) is 0 Å². The van der Waals surface area contributed by atoms with Gasteiger partial charge in [0.15, 0.2) is 10.3 Å². The molecule has 0 atom stereocenters. The number of hydrogen-bond donors (Lipinski definition) is 1. The lowest BCUT2D eigenvalue weighted by atomic mass is 10.2. The molecular formula is C11H11Cl2N5O. The highest BCUT2D eigenvalue weighted by atomic mass is 35.5. The Bertz CT molecular complexity index is 626. The lowest BCUT2D eigenvalue weighted by molar-refractivity contribution is 0.0950. The number of halogens is 2. The summed E-state index contributed by atoms with van der Waals surface area (Å²) in [6.07, 6.45) is 1.84. The summed E-state index contributed by atoms with van der Waals surface area (Å²) < 4.78 is 1.69. The van der Waals surface area contributed by atoms with Crippen LogP contribution in [0.1, 0.15) is 21.6 Å². The number of rotatable bonds is 3. The minimum Gasteiger partial charge on any atom is -0.348 e. The molecule has 1 amide bonds. The van der Waals surface area contributed by atoms with Gasteiger partial charge in [-0.1, -0.05) is 23.2 Å². The van der Waals surface area contributed by atoms with Gasteiger partial charge in [0.05, 0.1) is 11.3 Å². The Kier molecular flexibility index (Phi) is 4.01. The SMILES string of the molecule is Cc1nn(C)cc1CNC(=O)c1cc(Cl)nnc1Cl. The first kappa shape index (κ1) is 13.8. The molecule has 19 heavy (non-hydrogen) atoms. The van der Waals surface area contributed by atoms with E-state index in [1.54, 1.807) is 4.68 Å². The molecule has 2 aromatic rings. The standard InChI is InChI=1S/C11H11Cl2N5O/c1-6-7(5-18(2)17-6)4-14-11(19)8-3-9(12)15-16-10(8)13/h3,5H,4H2,1-2H3,(H,14,19). The molecule has 0 bridgehead atoms. The number of carbonyl (C=O) groups is 1. The van der Waals surface area contributed by atoms with E-state index >= 15 is 0 Å². The molecule has 0 aliphatic heterocycles. The summed E-state index contributed by atoms with van der Waals surface area (Å²) >= 11 is 11.5. The molecule has 8 heteroatoms. The zero-order valence-corrected chi connectivity index (χ0v) is 11.8. The average molecular weight is 300 g/mol. The molecule has 0 saturated heterocycles. The van der Waals surface area contributed by atoms with Gasteiger partial charge in [0.1, 0.15) is 0 Å². The van der Waals surface area contributed by atoms with Gasteiger partial charge < -0.3 is 5.32 Å². The molecule has 0 aliphatic rings. The highest BCUT2D eigenvalue weighted by molar-refractivity contribution is 6.34. The van der Waals surface area contributed by atoms with Crippen molar-refractivity contribution < 1.29 is 4.79 Å². The Morgan fingerprint density at radius 3 is 2.79 bits per heavy atom. The van der Waals surface area contributed by atoms with Gasteiger partial charge in [-0.05, 0) is 13.0 Å². The monoisotopic (exact) mass is 299 g/mol. The quantitative estimate of drug-likeness (QED) is 0.937. The Hall–Kier alpha value is -1.66. The number of aryl methyl sites for hydroxylation is 2. The third-order valence-corrected chi connectivity index (χ3v) is 2.98. The largest absolute Gasteiger partial charge is 0.348 e. The van der Waals surface area contributed by atoms with Crippen LogP contribution in [0.15, 0.2) is 12.3 Å². The Balaban J connectivity index is 2.09. The number of aromatic nitrogens is 4. The van der Waals surface area contributed by atoms with Gasteiger partial charge in [-0.25, -0.2) is 0 Å². The number of amides is 1.